The van der Waals surface area contributed by atoms with E-state index in [1.54, 1.807) is 0 Å². The van der Waals surface area contributed by atoms with Crippen molar-refractivity contribution in [2.75, 3.05) is 5.32 Å². The molecule has 1 aromatic rings. The van der Waals surface area contributed by atoms with Crippen molar-refractivity contribution in [3.63, 3.8) is 0 Å². The molecule has 7 nitrogen and oxygen atoms in total. The molecule has 8 heteroatoms. The van der Waals surface area contributed by atoms with Crippen LogP contribution in [-0.2, 0) is 27.2 Å². The van der Waals surface area contributed by atoms with Crippen LogP contribution in [0.2, 0.25) is 0 Å². The molecule has 2 amide bonds. The monoisotopic (exact) mass is 406 g/mol. The van der Waals surface area contributed by atoms with Gasteiger partial charge in [0.2, 0.25) is 5.91 Å². The summed E-state index contributed by atoms with van der Waals surface area (Å²) in [6.45, 7) is 2.17. The number of anilines is 1. The molecule has 3 aliphatic rings. The van der Waals surface area contributed by atoms with Gasteiger partial charge in [0.25, 0.3) is 5.91 Å². The van der Waals surface area contributed by atoms with Gasteiger partial charge in [-0.2, -0.15) is 0 Å². The molecule has 3 heterocycles. The maximum Gasteiger partial charge on any atom is 0.310 e. The molecule has 0 unspecified atom stereocenters. The number of thiophene rings is 1. The number of nitrogens with two attached hydrogens (primary N) is 1. The molecule has 2 saturated heterocycles. The Bertz CT molecular complexity index is 820. The average molecular weight is 407 g/mol. The van der Waals surface area contributed by atoms with Crippen molar-refractivity contribution in [3.05, 3.63) is 16.0 Å². The van der Waals surface area contributed by atoms with Gasteiger partial charge in [0, 0.05) is 4.88 Å². The van der Waals surface area contributed by atoms with Crippen molar-refractivity contribution in [2.24, 2.45) is 23.5 Å². The number of carbonyl (C=O) groups excluding carboxylic acids is 2. The maximum absolute atomic E-state index is 13.0. The Labute approximate surface area is 167 Å². The molecular formula is C20H26N2O5S. The van der Waals surface area contributed by atoms with Crippen LogP contribution in [0.25, 0.3) is 0 Å². The largest absolute Gasteiger partial charge is 0.481 e. The minimum Gasteiger partial charge on any atom is -0.481 e. The number of aliphatic carboxylic acids is 1. The summed E-state index contributed by atoms with van der Waals surface area (Å²) in [5, 5.41) is 12.9. The number of hydrogen-bond acceptors (Lipinski definition) is 5. The first kappa shape index (κ1) is 19.4. The summed E-state index contributed by atoms with van der Waals surface area (Å²) >= 11 is 1.42. The minimum atomic E-state index is -1.00. The molecule has 4 rings (SSSR count). The van der Waals surface area contributed by atoms with Crippen LogP contribution in [0.3, 0.4) is 0 Å². The Morgan fingerprint density at radius 2 is 1.93 bits per heavy atom. The molecule has 1 aromatic heterocycles. The molecule has 0 spiro atoms. The molecule has 2 fully saturated rings. The maximum atomic E-state index is 13.0. The molecule has 2 bridgehead atoms. The smallest absolute Gasteiger partial charge is 0.310 e. The third-order valence-corrected chi connectivity index (χ3v) is 7.58. The second-order valence-electron chi connectivity index (χ2n) is 8.14. The van der Waals surface area contributed by atoms with E-state index in [0.717, 1.165) is 42.5 Å². The number of rotatable bonds is 6. The minimum absolute atomic E-state index is 0.369. The van der Waals surface area contributed by atoms with E-state index in [1.165, 1.54) is 11.3 Å². The number of carboxylic acid groups (broad SMARTS) is 1. The second kappa shape index (κ2) is 7.48. The third kappa shape index (κ3) is 3.22. The number of nitrogens with one attached hydrogen (secondary N) is 1. The number of ether oxygens (including phenoxy) is 1. The standard InChI is InChI=1S/C20H26N2O5S/c1-2-3-9-4-5-10-13(8-9)28-19(14(10)17(21)23)22-18(24)15-11-6-7-12(27-11)16(15)20(25)26/h9,11-12,15-16H,2-8H2,1H3,(H2,21,23)(H,22,24)(H,25,26)/t9-,11-,12+,15+,16-/m0/s1. The van der Waals surface area contributed by atoms with Crippen LogP contribution < -0.4 is 11.1 Å². The number of fused-ring (bicyclic) bond motifs is 3. The van der Waals surface area contributed by atoms with E-state index in [-0.39, 0.29) is 12.0 Å². The van der Waals surface area contributed by atoms with E-state index in [2.05, 4.69) is 12.2 Å². The van der Waals surface area contributed by atoms with Crippen molar-refractivity contribution < 1.29 is 24.2 Å². The van der Waals surface area contributed by atoms with Crippen molar-refractivity contribution in [2.45, 2.75) is 64.1 Å². The highest BCUT2D eigenvalue weighted by atomic mass is 32.1. The molecule has 152 valence electrons. The summed E-state index contributed by atoms with van der Waals surface area (Å²) in [6.07, 6.45) is 5.57. The van der Waals surface area contributed by atoms with E-state index in [9.17, 15) is 19.5 Å². The average Bonchev–Trinajstić information content (AvgIpc) is 3.33. The van der Waals surface area contributed by atoms with Crippen molar-refractivity contribution >= 4 is 34.1 Å². The molecule has 5 atom stereocenters. The molecule has 4 N–H and O–H groups in total. The van der Waals surface area contributed by atoms with Gasteiger partial charge in [0.15, 0.2) is 0 Å². The Balaban J connectivity index is 1.59. The number of amides is 2. The lowest BCUT2D eigenvalue weighted by Crippen LogP contribution is -2.41. The Morgan fingerprint density at radius 1 is 1.21 bits per heavy atom. The zero-order valence-corrected chi connectivity index (χ0v) is 16.7. The van der Waals surface area contributed by atoms with Crippen molar-refractivity contribution in [1.29, 1.82) is 0 Å². The number of carbonyl (C=O) groups is 3. The van der Waals surface area contributed by atoms with E-state index in [0.29, 0.717) is 29.3 Å². The van der Waals surface area contributed by atoms with Gasteiger partial charge in [-0.15, -0.1) is 11.3 Å². The lowest BCUT2D eigenvalue weighted by Gasteiger charge is -2.23. The summed E-state index contributed by atoms with van der Waals surface area (Å²) in [7, 11) is 0. The quantitative estimate of drug-likeness (QED) is 0.671. The predicted molar refractivity (Wildman–Crippen MR) is 104 cm³/mol. The SMILES string of the molecule is CCC[C@H]1CCc2c(sc(NC(=O)[C@H]3[C@@H](C(=O)O)[C@H]4CC[C@@H]3O4)c2C(N)=O)C1. The molecule has 0 aromatic carbocycles. The Morgan fingerprint density at radius 3 is 2.57 bits per heavy atom. The molecule has 2 aliphatic heterocycles. The van der Waals surface area contributed by atoms with E-state index < -0.39 is 29.8 Å². The van der Waals surface area contributed by atoms with Crippen molar-refractivity contribution in [3.8, 4) is 0 Å². The second-order valence-corrected chi connectivity index (χ2v) is 9.24. The fourth-order valence-electron chi connectivity index (χ4n) is 5.18. The van der Waals surface area contributed by atoms with Crippen LogP contribution in [0.5, 0.6) is 0 Å². The van der Waals surface area contributed by atoms with Crippen LogP contribution in [0.4, 0.5) is 5.00 Å². The van der Waals surface area contributed by atoms with Crippen LogP contribution in [0.15, 0.2) is 0 Å². The lowest BCUT2D eigenvalue weighted by molar-refractivity contribution is -0.147. The molecule has 1 aliphatic carbocycles. The topological polar surface area (TPSA) is 119 Å². The van der Waals surface area contributed by atoms with E-state index in [1.807, 2.05) is 0 Å². The van der Waals surface area contributed by atoms with Crippen LogP contribution in [0, 0.1) is 17.8 Å². The summed E-state index contributed by atoms with van der Waals surface area (Å²) in [5.74, 6) is -2.90. The summed E-state index contributed by atoms with van der Waals surface area (Å²) in [6, 6.07) is 0. The van der Waals surface area contributed by atoms with Gasteiger partial charge < -0.3 is 20.9 Å². The highest BCUT2D eigenvalue weighted by Gasteiger charge is 2.55. The van der Waals surface area contributed by atoms with Crippen molar-refractivity contribution in [1.82, 2.24) is 0 Å². The zero-order valence-electron chi connectivity index (χ0n) is 15.9. The first-order valence-electron chi connectivity index (χ1n) is 10.0. The molecule has 28 heavy (non-hydrogen) atoms. The van der Waals surface area contributed by atoms with Gasteiger partial charge >= 0.3 is 5.97 Å². The van der Waals surface area contributed by atoms with Crippen LogP contribution in [0.1, 0.15) is 59.8 Å². The lowest BCUT2D eigenvalue weighted by atomic mass is 9.78. The van der Waals surface area contributed by atoms with Crippen LogP contribution >= 0.6 is 11.3 Å². The normalized spacial score (nSPS) is 30.8. The Kier molecular flexibility index (Phi) is 5.18. The number of primary amides is 1. The number of hydrogen-bond donors (Lipinski definition) is 3. The zero-order chi connectivity index (χ0) is 20.0. The van der Waals surface area contributed by atoms with Gasteiger partial charge in [0.1, 0.15) is 5.00 Å². The fourth-order valence-corrected chi connectivity index (χ4v) is 6.55. The third-order valence-electron chi connectivity index (χ3n) is 6.41. The number of carboxylic acids is 1. The highest BCUT2D eigenvalue weighted by Crippen LogP contribution is 2.45. The molecular weight excluding hydrogens is 380 g/mol. The summed E-state index contributed by atoms with van der Waals surface area (Å²) in [4.78, 5) is 37.9. The van der Waals surface area contributed by atoms with Crippen LogP contribution in [-0.4, -0.2) is 35.1 Å². The van der Waals surface area contributed by atoms with Gasteiger partial charge in [-0.1, -0.05) is 19.8 Å². The van der Waals surface area contributed by atoms with E-state index >= 15 is 0 Å². The van der Waals surface area contributed by atoms with Gasteiger partial charge in [-0.3, -0.25) is 14.4 Å². The Hall–Kier alpha value is -1.93. The first-order chi connectivity index (χ1) is 13.4. The first-order valence-corrected chi connectivity index (χ1v) is 10.9. The predicted octanol–water partition coefficient (Wildman–Crippen LogP) is 2.57. The van der Waals surface area contributed by atoms with E-state index in [4.69, 9.17) is 10.5 Å². The summed E-state index contributed by atoms with van der Waals surface area (Å²) in [5.41, 5.74) is 7.00. The highest BCUT2D eigenvalue weighted by molar-refractivity contribution is 7.17. The van der Waals surface area contributed by atoms with Gasteiger partial charge in [-0.05, 0) is 43.6 Å². The molecule has 0 radical (unpaired) electrons. The fraction of sp³-hybridized carbons (Fsp3) is 0.650. The molecule has 0 saturated carbocycles. The van der Waals surface area contributed by atoms with Gasteiger partial charge in [0.05, 0.1) is 29.6 Å². The summed E-state index contributed by atoms with van der Waals surface area (Å²) < 4.78 is 5.69. The van der Waals surface area contributed by atoms with Gasteiger partial charge in [-0.25, -0.2) is 0 Å².